The number of benzene rings is 1. The number of halogens is 3. The summed E-state index contributed by atoms with van der Waals surface area (Å²) >= 11 is 0. The van der Waals surface area contributed by atoms with Crippen LogP contribution in [0.2, 0.25) is 0 Å². The predicted octanol–water partition coefficient (Wildman–Crippen LogP) is 3.04. The Kier molecular flexibility index (Phi) is 3.17. The minimum atomic E-state index is -4.25. The molecule has 2 aliphatic heterocycles. The largest absolute Gasteiger partial charge is 0.416 e. The van der Waals surface area contributed by atoms with Crippen molar-refractivity contribution in [1.29, 1.82) is 0 Å². The van der Waals surface area contributed by atoms with Crippen LogP contribution >= 0.6 is 0 Å². The molecule has 0 aromatic heterocycles. The fourth-order valence-corrected chi connectivity index (χ4v) is 3.04. The third-order valence-corrected chi connectivity index (χ3v) is 4.08. The Hall–Kier alpha value is -1.23. The zero-order valence-electron chi connectivity index (χ0n) is 10.6. The molecule has 2 unspecified atom stereocenters. The Bertz CT molecular complexity index is 441. The summed E-state index contributed by atoms with van der Waals surface area (Å²) in [5.74, 6) is 0. The van der Waals surface area contributed by atoms with E-state index in [-0.39, 0.29) is 0 Å². The van der Waals surface area contributed by atoms with Crippen LogP contribution in [0.1, 0.15) is 24.8 Å². The van der Waals surface area contributed by atoms with Crippen molar-refractivity contribution >= 4 is 5.69 Å². The van der Waals surface area contributed by atoms with Gasteiger partial charge in [-0.1, -0.05) is 0 Å². The maximum absolute atomic E-state index is 12.5. The van der Waals surface area contributed by atoms with E-state index in [4.69, 9.17) is 0 Å². The molecular formula is C14H17F3N2. The lowest BCUT2D eigenvalue weighted by Gasteiger charge is -2.26. The Morgan fingerprint density at radius 1 is 1.00 bits per heavy atom. The van der Waals surface area contributed by atoms with Crippen molar-refractivity contribution < 1.29 is 13.2 Å². The highest BCUT2D eigenvalue weighted by molar-refractivity contribution is 5.48. The number of rotatable bonds is 1. The van der Waals surface area contributed by atoms with E-state index in [2.05, 4.69) is 10.2 Å². The molecule has 0 amide bonds. The summed E-state index contributed by atoms with van der Waals surface area (Å²) in [6.07, 6.45) is -0.789. The number of nitrogens with zero attached hydrogens (tertiary/aromatic N) is 1. The molecule has 2 bridgehead atoms. The quantitative estimate of drug-likeness (QED) is 0.844. The molecule has 1 aromatic rings. The van der Waals surface area contributed by atoms with Crippen LogP contribution in [0.15, 0.2) is 24.3 Å². The maximum atomic E-state index is 12.5. The van der Waals surface area contributed by atoms with Crippen molar-refractivity contribution in [3.63, 3.8) is 0 Å². The van der Waals surface area contributed by atoms with Gasteiger partial charge < -0.3 is 10.2 Å². The van der Waals surface area contributed by atoms with Crippen LogP contribution in [0.5, 0.6) is 0 Å². The van der Waals surface area contributed by atoms with Gasteiger partial charge in [-0.15, -0.1) is 0 Å². The molecular weight excluding hydrogens is 253 g/mol. The van der Waals surface area contributed by atoms with Gasteiger partial charge in [0.2, 0.25) is 0 Å². The van der Waals surface area contributed by atoms with Crippen molar-refractivity contribution in [2.75, 3.05) is 18.0 Å². The molecule has 0 spiro atoms. The normalized spacial score (nSPS) is 27.4. The molecule has 2 fully saturated rings. The summed E-state index contributed by atoms with van der Waals surface area (Å²) in [5, 5.41) is 3.57. The smallest absolute Gasteiger partial charge is 0.370 e. The number of nitrogens with one attached hydrogen (secondary N) is 1. The predicted molar refractivity (Wildman–Crippen MR) is 68.2 cm³/mol. The van der Waals surface area contributed by atoms with Crippen molar-refractivity contribution in [2.45, 2.75) is 37.5 Å². The molecule has 2 atom stereocenters. The molecule has 104 valence electrons. The first kappa shape index (κ1) is 12.8. The number of hydrogen-bond acceptors (Lipinski definition) is 2. The molecule has 1 N–H and O–H groups in total. The zero-order valence-corrected chi connectivity index (χ0v) is 10.6. The molecule has 0 aliphatic carbocycles. The van der Waals surface area contributed by atoms with Crippen LogP contribution in [-0.2, 0) is 6.18 Å². The molecule has 2 saturated heterocycles. The topological polar surface area (TPSA) is 15.3 Å². The van der Waals surface area contributed by atoms with E-state index in [9.17, 15) is 13.2 Å². The Morgan fingerprint density at radius 2 is 1.68 bits per heavy atom. The molecule has 2 aliphatic rings. The molecule has 2 nitrogen and oxygen atoms in total. The van der Waals surface area contributed by atoms with E-state index in [1.807, 2.05) is 0 Å². The SMILES string of the molecule is FC(F)(F)c1ccc(N2CCC3CCC(C2)N3)cc1. The number of alkyl halides is 3. The van der Waals surface area contributed by atoms with E-state index < -0.39 is 11.7 Å². The number of hydrogen-bond donors (Lipinski definition) is 1. The highest BCUT2D eigenvalue weighted by Gasteiger charge is 2.31. The summed E-state index contributed by atoms with van der Waals surface area (Å²) in [7, 11) is 0. The summed E-state index contributed by atoms with van der Waals surface area (Å²) in [5.41, 5.74) is 0.313. The Morgan fingerprint density at radius 3 is 2.37 bits per heavy atom. The van der Waals surface area contributed by atoms with E-state index >= 15 is 0 Å². The average molecular weight is 270 g/mol. The van der Waals surface area contributed by atoms with Gasteiger partial charge in [-0.05, 0) is 43.5 Å². The lowest BCUT2D eigenvalue weighted by atomic mass is 10.1. The Labute approximate surface area is 110 Å². The summed E-state index contributed by atoms with van der Waals surface area (Å²) in [6.45, 7) is 1.81. The number of anilines is 1. The summed E-state index contributed by atoms with van der Waals surface area (Å²) < 4.78 is 37.6. The average Bonchev–Trinajstić information content (AvgIpc) is 2.68. The second-order valence-corrected chi connectivity index (χ2v) is 5.42. The molecule has 19 heavy (non-hydrogen) atoms. The summed E-state index contributed by atoms with van der Waals surface area (Å²) in [4.78, 5) is 2.19. The zero-order chi connectivity index (χ0) is 13.5. The molecule has 1 aromatic carbocycles. The van der Waals surface area contributed by atoms with Crippen molar-refractivity contribution in [1.82, 2.24) is 5.32 Å². The third kappa shape index (κ3) is 2.71. The van der Waals surface area contributed by atoms with Crippen LogP contribution < -0.4 is 10.2 Å². The Balaban J connectivity index is 1.75. The highest BCUT2D eigenvalue weighted by Crippen LogP contribution is 2.31. The minimum absolute atomic E-state index is 0.481. The van der Waals surface area contributed by atoms with Crippen molar-refractivity contribution in [3.8, 4) is 0 Å². The minimum Gasteiger partial charge on any atom is -0.370 e. The van der Waals surface area contributed by atoms with Gasteiger partial charge in [0.25, 0.3) is 0 Å². The van der Waals surface area contributed by atoms with Gasteiger partial charge >= 0.3 is 6.18 Å². The lowest BCUT2D eigenvalue weighted by Crippen LogP contribution is -2.35. The second-order valence-electron chi connectivity index (χ2n) is 5.42. The third-order valence-electron chi connectivity index (χ3n) is 4.08. The van der Waals surface area contributed by atoms with Crippen LogP contribution in [0.25, 0.3) is 0 Å². The first-order valence-corrected chi connectivity index (χ1v) is 6.70. The van der Waals surface area contributed by atoms with Crippen LogP contribution in [-0.4, -0.2) is 25.2 Å². The van der Waals surface area contributed by atoms with E-state index in [1.54, 1.807) is 12.1 Å². The lowest BCUT2D eigenvalue weighted by molar-refractivity contribution is -0.137. The molecule has 5 heteroatoms. The summed E-state index contributed by atoms with van der Waals surface area (Å²) in [6, 6.07) is 6.58. The monoisotopic (exact) mass is 270 g/mol. The van der Waals surface area contributed by atoms with Gasteiger partial charge in [0.15, 0.2) is 0 Å². The first-order valence-electron chi connectivity index (χ1n) is 6.70. The molecule has 0 radical (unpaired) electrons. The van der Waals surface area contributed by atoms with Gasteiger partial charge in [0, 0.05) is 30.9 Å². The van der Waals surface area contributed by atoms with Gasteiger partial charge in [-0.3, -0.25) is 0 Å². The van der Waals surface area contributed by atoms with Gasteiger partial charge in [-0.25, -0.2) is 0 Å². The van der Waals surface area contributed by atoms with E-state index in [0.717, 1.165) is 25.2 Å². The van der Waals surface area contributed by atoms with E-state index in [1.165, 1.54) is 25.0 Å². The first-order chi connectivity index (χ1) is 9.02. The maximum Gasteiger partial charge on any atom is 0.416 e. The molecule has 3 rings (SSSR count). The molecule has 2 heterocycles. The van der Waals surface area contributed by atoms with Gasteiger partial charge in [0.1, 0.15) is 0 Å². The van der Waals surface area contributed by atoms with Crippen LogP contribution in [0.4, 0.5) is 18.9 Å². The van der Waals surface area contributed by atoms with Crippen molar-refractivity contribution in [3.05, 3.63) is 29.8 Å². The van der Waals surface area contributed by atoms with Gasteiger partial charge in [-0.2, -0.15) is 13.2 Å². The molecule has 0 saturated carbocycles. The van der Waals surface area contributed by atoms with Crippen LogP contribution in [0, 0.1) is 0 Å². The van der Waals surface area contributed by atoms with Crippen molar-refractivity contribution in [2.24, 2.45) is 0 Å². The van der Waals surface area contributed by atoms with E-state index in [0.29, 0.717) is 12.1 Å². The highest BCUT2D eigenvalue weighted by atomic mass is 19.4. The van der Waals surface area contributed by atoms with Crippen LogP contribution in [0.3, 0.4) is 0 Å². The standard InChI is InChI=1S/C14H17F3N2/c15-14(16,17)10-1-5-13(6-2-10)19-8-7-11-3-4-12(9-19)18-11/h1-2,5-6,11-12,18H,3-4,7-9H2. The number of fused-ring (bicyclic) bond motifs is 2. The fraction of sp³-hybridized carbons (Fsp3) is 0.571. The fourth-order valence-electron chi connectivity index (χ4n) is 3.04. The van der Waals surface area contributed by atoms with Gasteiger partial charge in [0.05, 0.1) is 5.56 Å². The second kappa shape index (κ2) is 4.71.